The van der Waals surface area contributed by atoms with Crippen LogP contribution in [0.15, 0.2) is 42.7 Å². The molecule has 0 radical (unpaired) electrons. The number of likely N-dealkylation sites (tertiary alicyclic amines) is 1. The minimum atomic E-state index is -0.705. The topological polar surface area (TPSA) is 75.2 Å². The van der Waals surface area contributed by atoms with Crippen LogP contribution in [0.3, 0.4) is 0 Å². The summed E-state index contributed by atoms with van der Waals surface area (Å²) in [6.45, 7) is 6.45. The van der Waals surface area contributed by atoms with Crippen molar-refractivity contribution in [3.8, 4) is 11.5 Å². The van der Waals surface area contributed by atoms with Crippen molar-refractivity contribution < 1.29 is 19.1 Å². The van der Waals surface area contributed by atoms with Crippen LogP contribution in [0.5, 0.6) is 11.5 Å². The smallest absolute Gasteiger partial charge is 0.327 e. The highest BCUT2D eigenvalue weighted by atomic mass is 16.6. The van der Waals surface area contributed by atoms with Gasteiger partial charge in [0.1, 0.15) is 18.8 Å². The van der Waals surface area contributed by atoms with Crippen molar-refractivity contribution in [1.29, 1.82) is 0 Å². The molecule has 2 saturated heterocycles. The summed E-state index contributed by atoms with van der Waals surface area (Å²) in [7, 11) is 0. The molecule has 3 aliphatic heterocycles. The van der Waals surface area contributed by atoms with Gasteiger partial charge in [-0.3, -0.25) is 19.6 Å². The van der Waals surface area contributed by atoms with Crippen molar-refractivity contribution in [2.24, 2.45) is 0 Å². The summed E-state index contributed by atoms with van der Waals surface area (Å²) >= 11 is 0. The van der Waals surface area contributed by atoms with E-state index in [9.17, 15) is 9.59 Å². The van der Waals surface area contributed by atoms with Gasteiger partial charge in [0.25, 0.3) is 5.91 Å². The standard InChI is InChI=1S/C26H32N4O4/c1-2-30-25(32)29(12-4-6-20-5-3-11-27-18-20)24(31)26(30)9-13-28(14-10-26)19-21-7-8-22-23(17-21)34-16-15-33-22/h3,5,7-8,11,17-18H,2,4,6,9-10,12-16,19H2,1H3. The second kappa shape index (κ2) is 9.62. The molecule has 180 valence electrons. The van der Waals surface area contributed by atoms with E-state index in [0.29, 0.717) is 39.1 Å². The summed E-state index contributed by atoms with van der Waals surface area (Å²) in [6, 6.07) is 9.89. The van der Waals surface area contributed by atoms with Crippen molar-refractivity contribution in [3.05, 3.63) is 53.9 Å². The van der Waals surface area contributed by atoms with E-state index in [-0.39, 0.29) is 11.9 Å². The fraction of sp³-hybridized carbons (Fsp3) is 0.500. The predicted molar refractivity (Wildman–Crippen MR) is 127 cm³/mol. The monoisotopic (exact) mass is 464 g/mol. The zero-order valence-corrected chi connectivity index (χ0v) is 19.7. The van der Waals surface area contributed by atoms with E-state index >= 15 is 0 Å². The number of likely N-dealkylation sites (N-methyl/N-ethyl adjacent to an activating group) is 1. The van der Waals surface area contributed by atoms with Crippen LogP contribution in [0, 0.1) is 0 Å². The van der Waals surface area contributed by atoms with Gasteiger partial charge in [-0.1, -0.05) is 12.1 Å². The van der Waals surface area contributed by atoms with Crippen molar-refractivity contribution in [2.45, 2.75) is 44.7 Å². The molecule has 2 fully saturated rings. The zero-order chi connectivity index (χ0) is 23.5. The van der Waals surface area contributed by atoms with Gasteiger partial charge in [-0.25, -0.2) is 4.79 Å². The van der Waals surface area contributed by atoms with Gasteiger partial charge in [0, 0.05) is 45.1 Å². The van der Waals surface area contributed by atoms with E-state index in [1.807, 2.05) is 37.4 Å². The number of ether oxygens (including phenoxy) is 2. The molecular formula is C26H32N4O4. The molecule has 8 heteroatoms. The summed E-state index contributed by atoms with van der Waals surface area (Å²) in [5, 5.41) is 0. The molecule has 0 unspecified atom stereocenters. The van der Waals surface area contributed by atoms with Crippen molar-refractivity contribution in [2.75, 3.05) is 39.4 Å². The van der Waals surface area contributed by atoms with Crippen LogP contribution in [0.1, 0.15) is 37.3 Å². The number of urea groups is 1. The Morgan fingerprint density at radius 3 is 2.56 bits per heavy atom. The molecule has 0 bridgehead atoms. The summed E-state index contributed by atoms with van der Waals surface area (Å²) in [5.74, 6) is 1.57. The first-order valence-electron chi connectivity index (χ1n) is 12.2. The highest BCUT2D eigenvalue weighted by Crippen LogP contribution is 2.38. The van der Waals surface area contributed by atoms with Gasteiger partial charge >= 0.3 is 6.03 Å². The van der Waals surface area contributed by atoms with Crippen molar-refractivity contribution in [1.82, 2.24) is 19.7 Å². The number of pyridine rings is 1. The number of hydrogen-bond acceptors (Lipinski definition) is 6. The van der Waals surface area contributed by atoms with Crippen LogP contribution in [-0.4, -0.2) is 76.6 Å². The molecule has 1 aromatic heterocycles. The summed E-state index contributed by atoms with van der Waals surface area (Å²) in [4.78, 5) is 36.5. The van der Waals surface area contributed by atoms with Gasteiger partial charge in [-0.05, 0) is 61.9 Å². The number of hydrogen-bond donors (Lipinski definition) is 0. The first-order valence-corrected chi connectivity index (χ1v) is 12.2. The molecule has 3 amide bonds. The maximum Gasteiger partial charge on any atom is 0.327 e. The Bertz CT molecular complexity index is 1040. The van der Waals surface area contributed by atoms with E-state index in [2.05, 4.69) is 16.0 Å². The third-order valence-electron chi connectivity index (χ3n) is 7.20. The van der Waals surface area contributed by atoms with E-state index in [0.717, 1.165) is 49.5 Å². The Morgan fingerprint density at radius 2 is 1.82 bits per heavy atom. The summed E-state index contributed by atoms with van der Waals surface area (Å²) < 4.78 is 11.3. The van der Waals surface area contributed by atoms with Gasteiger partial charge in [0.2, 0.25) is 0 Å². The molecule has 8 nitrogen and oxygen atoms in total. The number of rotatable bonds is 7. The Labute approximate surface area is 200 Å². The summed E-state index contributed by atoms with van der Waals surface area (Å²) in [5.41, 5.74) is 1.58. The van der Waals surface area contributed by atoms with E-state index in [1.165, 1.54) is 10.5 Å². The Balaban J connectivity index is 1.21. The lowest BCUT2D eigenvalue weighted by Crippen LogP contribution is -2.56. The molecule has 1 aromatic carbocycles. The number of imide groups is 1. The first-order chi connectivity index (χ1) is 16.6. The predicted octanol–water partition coefficient (Wildman–Crippen LogP) is 3.10. The lowest BCUT2D eigenvalue weighted by Gasteiger charge is -2.42. The molecule has 0 atom stereocenters. The molecule has 0 aliphatic carbocycles. The molecule has 0 N–H and O–H groups in total. The molecule has 34 heavy (non-hydrogen) atoms. The van der Waals surface area contributed by atoms with Gasteiger partial charge in [-0.2, -0.15) is 0 Å². The lowest BCUT2D eigenvalue weighted by molar-refractivity contribution is -0.135. The van der Waals surface area contributed by atoms with Crippen LogP contribution in [-0.2, 0) is 17.8 Å². The number of carbonyl (C=O) groups is 2. The third-order valence-corrected chi connectivity index (χ3v) is 7.20. The first kappa shape index (κ1) is 22.7. The van der Waals surface area contributed by atoms with Crippen molar-refractivity contribution >= 4 is 11.9 Å². The van der Waals surface area contributed by atoms with Crippen LogP contribution in [0.2, 0.25) is 0 Å². The molecule has 0 saturated carbocycles. The fourth-order valence-electron chi connectivity index (χ4n) is 5.41. The van der Waals surface area contributed by atoms with Gasteiger partial charge in [0.15, 0.2) is 11.5 Å². The highest BCUT2D eigenvalue weighted by molar-refractivity contribution is 6.07. The number of nitrogens with zero attached hydrogens (tertiary/aromatic N) is 4. The average Bonchev–Trinajstić information content (AvgIpc) is 3.06. The average molecular weight is 465 g/mol. The molecule has 3 aliphatic rings. The number of aryl methyl sites for hydroxylation is 1. The van der Waals surface area contributed by atoms with E-state index in [4.69, 9.17) is 9.47 Å². The Morgan fingerprint density at radius 1 is 1.03 bits per heavy atom. The lowest BCUT2D eigenvalue weighted by atomic mass is 9.85. The second-order valence-corrected chi connectivity index (χ2v) is 9.23. The SMILES string of the molecule is CCN1C(=O)N(CCCc2cccnc2)C(=O)C12CCN(Cc1ccc3c(c1)OCCO3)CC2. The summed E-state index contributed by atoms with van der Waals surface area (Å²) in [6.07, 6.45) is 6.45. The van der Waals surface area contributed by atoms with Gasteiger partial charge in [0.05, 0.1) is 0 Å². The number of benzene rings is 1. The Kier molecular flexibility index (Phi) is 6.41. The largest absolute Gasteiger partial charge is 0.486 e. The number of aromatic nitrogens is 1. The molecule has 5 rings (SSSR count). The maximum atomic E-state index is 13.5. The van der Waals surface area contributed by atoms with E-state index < -0.39 is 5.54 Å². The number of amides is 3. The van der Waals surface area contributed by atoms with Crippen LogP contribution < -0.4 is 9.47 Å². The Hall–Kier alpha value is -3.13. The van der Waals surface area contributed by atoms with Crippen LogP contribution in [0.25, 0.3) is 0 Å². The van der Waals surface area contributed by atoms with Crippen LogP contribution in [0.4, 0.5) is 4.79 Å². The normalized spacial score (nSPS) is 19.8. The van der Waals surface area contributed by atoms with Crippen molar-refractivity contribution in [3.63, 3.8) is 0 Å². The minimum absolute atomic E-state index is 0.0236. The van der Waals surface area contributed by atoms with E-state index in [1.54, 1.807) is 11.1 Å². The second-order valence-electron chi connectivity index (χ2n) is 9.23. The molecular weight excluding hydrogens is 432 g/mol. The zero-order valence-electron chi connectivity index (χ0n) is 19.7. The van der Waals surface area contributed by atoms with Crippen LogP contribution >= 0.6 is 0 Å². The fourth-order valence-corrected chi connectivity index (χ4v) is 5.41. The minimum Gasteiger partial charge on any atom is -0.486 e. The number of fused-ring (bicyclic) bond motifs is 1. The quantitative estimate of drug-likeness (QED) is 0.586. The molecule has 2 aromatic rings. The van der Waals surface area contributed by atoms with Gasteiger partial charge < -0.3 is 14.4 Å². The van der Waals surface area contributed by atoms with Gasteiger partial charge in [-0.15, -0.1) is 0 Å². The number of piperidine rings is 1. The number of carbonyl (C=O) groups excluding carboxylic acids is 2. The highest BCUT2D eigenvalue weighted by Gasteiger charge is 2.57. The molecule has 1 spiro atoms. The maximum absolute atomic E-state index is 13.5. The molecule has 4 heterocycles. The third kappa shape index (κ3) is 4.22.